The molecule has 2 heterocycles. The average molecular weight is 323 g/mol. The second-order valence-corrected chi connectivity index (χ2v) is 6.56. The minimum Gasteiger partial charge on any atom is -0.348 e. The van der Waals surface area contributed by atoms with Gasteiger partial charge in [-0.2, -0.15) is 0 Å². The number of amides is 1. The summed E-state index contributed by atoms with van der Waals surface area (Å²) in [6.45, 7) is 6.00. The van der Waals surface area contributed by atoms with E-state index in [4.69, 9.17) is 11.6 Å². The maximum Gasteiger partial charge on any atom is 0.223 e. The minimum atomic E-state index is 0. The van der Waals surface area contributed by atoms with Crippen molar-refractivity contribution in [2.75, 3.05) is 13.1 Å². The third-order valence-corrected chi connectivity index (χ3v) is 4.94. The van der Waals surface area contributed by atoms with Crippen LogP contribution in [0, 0.1) is 11.8 Å². The molecule has 2 rings (SSSR count). The molecule has 2 unspecified atom stereocenters. The summed E-state index contributed by atoms with van der Waals surface area (Å²) in [7, 11) is 0. The molecule has 2 N–H and O–H groups in total. The Morgan fingerprint density at radius 3 is 2.68 bits per heavy atom. The van der Waals surface area contributed by atoms with Gasteiger partial charge < -0.3 is 10.6 Å². The van der Waals surface area contributed by atoms with Gasteiger partial charge in [0.25, 0.3) is 0 Å². The van der Waals surface area contributed by atoms with Gasteiger partial charge in [-0.1, -0.05) is 25.4 Å². The predicted molar refractivity (Wildman–Crippen MR) is 83.3 cm³/mol. The minimum absolute atomic E-state index is 0. The van der Waals surface area contributed by atoms with Crippen LogP contribution in [-0.2, 0) is 4.79 Å². The van der Waals surface area contributed by atoms with Crippen LogP contribution in [0.25, 0.3) is 0 Å². The summed E-state index contributed by atoms with van der Waals surface area (Å²) >= 11 is 7.48. The molecule has 1 aliphatic heterocycles. The van der Waals surface area contributed by atoms with Crippen molar-refractivity contribution in [2.24, 2.45) is 11.8 Å². The molecule has 0 aliphatic carbocycles. The third kappa shape index (κ3) is 4.09. The molecule has 2 atom stereocenters. The summed E-state index contributed by atoms with van der Waals surface area (Å²) < 4.78 is 0.772. The number of hydrogen-bond acceptors (Lipinski definition) is 3. The Balaban J connectivity index is 0.00000180. The van der Waals surface area contributed by atoms with Crippen LogP contribution in [-0.4, -0.2) is 19.0 Å². The zero-order chi connectivity index (χ0) is 13.1. The third-order valence-electron chi connectivity index (χ3n) is 3.60. The van der Waals surface area contributed by atoms with Gasteiger partial charge in [-0.15, -0.1) is 23.7 Å². The first kappa shape index (κ1) is 16.8. The lowest BCUT2D eigenvalue weighted by Crippen LogP contribution is -2.49. The first-order chi connectivity index (χ1) is 8.61. The van der Waals surface area contributed by atoms with Crippen molar-refractivity contribution in [1.82, 2.24) is 10.6 Å². The quantitative estimate of drug-likeness (QED) is 0.873. The van der Waals surface area contributed by atoms with Gasteiger partial charge in [-0.25, -0.2) is 0 Å². The van der Waals surface area contributed by atoms with E-state index in [1.165, 1.54) is 0 Å². The second-order valence-electron chi connectivity index (χ2n) is 4.82. The van der Waals surface area contributed by atoms with Gasteiger partial charge in [-0.3, -0.25) is 4.79 Å². The molecule has 0 aromatic carbocycles. The maximum atomic E-state index is 12.2. The molecule has 1 aromatic rings. The predicted octanol–water partition coefficient (Wildman–Crippen LogP) is 3.25. The van der Waals surface area contributed by atoms with Gasteiger partial charge in [0.2, 0.25) is 5.91 Å². The lowest BCUT2D eigenvalue weighted by molar-refractivity contribution is -0.127. The molecule has 0 radical (unpaired) electrons. The van der Waals surface area contributed by atoms with Crippen LogP contribution in [0.5, 0.6) is 0 Å². The summed E-state index contributed by atoms with van der Waals surface area (Å²) in [5.41, 5.74) is 0. The fourth-order valence-corrected chi connectivity index (χ4v) is 3.27. The largest absolute Gasteiger partial charge is 0.348 e. The van der Waals surface area contributed by atoms with E-state index in [2.05, 4.69) is 17.6 Å². The zero-order valence-corrected chi connectivity index (χ0v) is 13.5. The molecular formula is C13H20Cl2N2OS. The van der Waals surface area contributed by atoms with Crippen molar-refractivity contribution in [3.05, 3.63) is 21.3 Å². The van der Waals surface area contributed by atoms with E-state index in [9.17, 15) is 4.79 Å². The molecule has 108 valence electrons. The van der Waals surface area contributed by atoms with Gasteiger partial charge in [0.05, 0.1) is 10.4 Å². The van der Waals surface area contributed by atoms with Gasteiger partial charge in [0, 0.05) is 10.8 Å². The SMILES string of the molecule is CCC(NC(=O)C(C)C1CNC1)c1ccc(Cl)s1.Cl. The highest BCUT2D eigenvalue weighted by atomic mass is 35.5. The van der Waals surface area contributed by atoms with Gasteiger partial charge in [-0.05, 0) is 37.6 Å². The molecule has 0 spiro atoms. The fourth-order valence-electron chi connectivity index (χ4n) is 2.07. The van der Waals surface area contributed by atoms with E-state index in [-0.39, 0.29) is 30.3 Å². The van der Waals surface area contributed by atoms with E-state index in [1.54, 1.807) is 11.3 Å². The maximum absolute atomic E-state index is 12.2. The first-order valence-electron chi connectivity index (χ1n) is 6.38. The molecular weight excluding hydrogens is 303 g/mol. The molecule has 1 fully saturated rings. The van der Waals surface area contributed by atoms with Crippen LogP contribution < -0.4 is 10.6 Å². The normalized spacial score (nSPS) is 18.1. The van der Waals surface area contributed by atoms with Gasteiger partial charge in [0.1, 0.15) is 0 Å². The number of nitrogens with one attached hydrogen (secondary N) is 2. The van der Waals surface area contributed by atoms with Gasteiger partial charge >= 0.3 is 0 Å². The summed E-state index contributed by atoms with van der Waals surface area (Å²) in [6.07, 6.45) is 0.887. The van der Waals surface area contributed by atoms with Crippen molar-refractivity contribution in [1.29, 1.82) is 0 Å². The highest BCUT2D eigenvalue weighted by Crippen LogP contribution is 2.29. The van der Waals surface area contributed by atoms with Crippen molar-refractivity contribution < 1.29 is 4.79 Å². The van der Waals surface area contributed by atoms with Crippen LogP contribution in [0.4, 0.5) is 0 Å². The number of rotatable bonds is 5. The topological polar surface area (TPSA) is 41.1 Å². The molecule has 1 aliphatic rings. The van der Waals surface area contributed by atoms with Crippen LogP contribution in [0.15, 0.2) is 12.1 Å². The monoisotopic (exact) mass is 322 g/mol. The lowest BCUT2D eigenvalue weighted by atomic mass is 9.88. The molecule has 0 saturated carbocycles. The molecule has 3 nitrogen and oxygen atoms in total. The van der Waals surface area contributed by atoms with E-state index in [0.29, 0.717) is 5.92 Å². The molecule has 6 heteroatoms. The van der Waals surface area contributed by atoms with Crippen LogP contribution in [0.1, 0.15) is 31.2 Å². The number of carbonyl (C=O) groups excluding carboxylic acids is 1. The Morgan fingerprint density at radius 2 is 2.26 bits per heavy atom. The highest BCUT2D eigenvalue weighted by molar-refractivity contribution is 7.16. The number of halogens is 2. The standard InChI is InChI=1S/C13H19ClN2OS.ClH/c1-3-10(11-4-5-12(14)18-11)16-13(17)8(2)9-6-15-7-9;/h4-5,8-10,15H,3,6-7H2,1-2H3,(H,16,17);1H. The fraction of sp³-hybridized carbons (Fsp3) is 0.615. The smallest absolute Gasteiger partial charge is 0.223 e. The van der Waals surface area contributed by atoms with E-state index in [1.807, 2.05) is 19.1 Å². The highest BCUT2D eigenvalue weighted by Gasteiger charge is 2.29. The molecule has 1 saturated heterocycles. The Bertz CT molecular complexity index is 421. The van der Waals surface area contributed by atoms with E-state index >= 15 is 0 Å². The Morgan fingerprint density at radius 1 is 1.58 bits per heavy atom. The van der Waals surface area contributed by atoms with Crippen molar-refractivity contribution >= 4 is 41.3 Å². The molecule has 0 bridgehead atoms. The van der Waals surface area contributed by atoms with Crippen LogP contribution in [0.2, 0.25) is 4.34 Å². The summed E-state index contributed by atoms with van der Waals surface area (Å²) in [6, 6.07) is 3.97. The average Bonchev–Trinajstić information content (AvgIpc) is 2.69. The lowest BCUT2D eigenvalue weighted by Gasteiger charge is -2.32. The van der Waals surface area contributed by atoms with Crippen LogP contribution in [0.3, 0.4) is 0 Å². The summed E-state index contributed by atoms with van der Waals surface area (Å²) in [4.78, 5) is 13.3. The number of thiophene rings is 1. The molecule has 1 amide bonds. The Kier molecular flexibility index (Phi) is 6.60. The summed E-state index contributed by atoms with van der Waals surface area (Å²) in [5, 5.41) is 6.33. The zero-order valence-electron chi connectivity index (χ0n) is 11.1. The first-order valence-corrected chi connectivity index (χ1v) is 7.57. The second kappa shape index (κ2) is 7.48. The van der Waals surface area contributed by atoms with Crippen molar-refractivity contribution in [3.8, 4) is 0 Å². The van der Waals surface area contributed by atoms with Crippen molar-refractivity contribution in [2.45, 2.75) is 26.3 Å². The molecule has 19 heavy (non-hydrogen) atoms. The Labute approximate surface area is 129 Å². The van der Waals surface area contributed by atoms with Crippen molar-refractivity contribution in [3.63, 3.8) is 0 Å². The van der Waals surface area contributed by atoms with Gasteiger partial charge in [0.15, 0.2) is 0 Å². The Hall–Kier alpha value is -0.290. The van der Waals surface area contributed by atoms with Crippen LogP contribution >= 0.6 is 35.3 Å². The molecule has 1 aromatic heterocycles. The number of hydrogen-bond donors (Lipinski definition) is 2. The van der Waals surface area contributed by atoms with E-state index < -0.39 is 0 Å². The number of carbonyl (C=O) groups is 1. The van der Waals surface area contributed by atoms with E-state index in [0.717, 1.165) is 28.7 Å². The summed E-state index contributed by atoms with van der Waals surface area (Å²) in [5.74, 6) is 0.711.